The lowest BCUT2D eigenvalue weighted by Gasteiger charge is -2.26. The zero-order chi connectivity index (χ0) is 21.2. The molecule has 1 aliphatic rings. The van der Waals surface area contributed by atoms with E-state index in [1.165, 1.54) is 0 Å². The number of morpholine rings is 1. The maximum atomic E-state index is 13.1. The molecule has 1 aliphatic heterocycles. The van der Waals surface area contributed by atoms with Crippen molar-refractivity contribution in [2.45, 2.75) is 0 Å². The molecule has 2 aromatic carbocycles. The van der Waals surface area contributed by atoms with Crippen molar-refractivity contribution in [3.63, 3.8) is 0 Å². The summed E-state index contributed by atoms with van der Waals surface area (Å²) in [7, 11) is 0. The van der Waals surface area contributed by atoms with E-state index < -0.39 is 0 Å². The second kappa shape index (κ2) is 8.51. The number of pyridine rings is 1. The zero-order valence-electron chi connectivity index (χ0n) is 16.8. The molecular formula is C24H21ClN4O2. The Bertz CT molecular complexity index is 1220. The number of benzene rings is 2. The summed E-state index contributed by atoms with van der Waals surface area (Å²) in [5, 5.41) is 2.55. The minimum Gasteiger partial charge on any atom is -0.379 e. The van der Waals surface area contributed by atoms with Gasteiger partial charge in [0.15, 0.2) is 5.65 Å². The van der Waals surface area contributed by atoms with E-state index in [-0.39, 0.29) is 5.91 Å². The first-order valence-corrected chi connectivity index (χ1v) is 10.5. The van der Waals surface area contributed by atoms with Crippen LogP contribution in [0.25, 0.3) is 28.2 Å². The average Bonchev–Trinajstić information content (AvgIpc) is 3.20. The van der Waals surface area contributed by atoms with Crippen molar-refractivity contribution in [1.29, 1.82) is 0 Å². The van der Waals surface area contributed by atoms with Crippen molar-refractivity contribution in [2.75, 3.05) is 26.3 Å². The van der Waals surface area contributed by atoms with E-state index in [1.807, 2.05) is 76.3 Å². The summed E-state index contributed by atoms with van der Waals surface area (Å²) in [6, 6.07) is 21.3. The molecule has 0 atom stereocenters. The smallest absolute Gasteiger partial charge is 0.269 e. The summed E-state index contributed by atoms with van der Waals surface area (Å²) < 4.78 is 7.34. The van der Waals surface area contributed by atoms with Crippen LogP contribution in [-0.2, 0) is 4.74 Å². The molecule has 0 bridgehead atoms. The summed E-state index contributed by atoms with van der Waals surface area (Å²) in [5.74, 6) is -0.181. The quantitative estimate of drug-likeness (QED) is 0.522. The van der Waals surface area contributed by atoms with Crippen LogP contribution in [0.5, 0.6) is 0 Å². The Morgan fingerprint density at radius 3 is 2.42 bits per heavy atom. The summed E-state index contributed by atoms with van der Waals surface area (Å²) >= 11 is 6.10. The van der Waals surface area contributed by atoms with Gasteiger partial charge in [-0.25, -0.2) is 9.99 Å². The molecule has 3 heterocycles. The Kier molecular flexibility index (Phi) is 5.42. The molecule has 6 nitrogen and oxygen atoms in total. The number of ether oxygens (including phenoxy) is 1. The van der Waals surface area contributed by atoms with Crippen LogP contribution in [0.15, 0.2) is 72.9 Å². The van der Waals surface area contributed by atoms with Crippen molar-refractivity contribution in [1.82, 2.24) is 19.8 Å². The van der Waals surface area contributed by atoms with Crippen LogP contribution in [0.3, 0.4) is 0 Å². The van der Waals surface area contributed by atoms with Crippen LogP contribution in [-0.4, -0.2) is 46.6 Å². The summed E-state index contributed by atoms with van der Waals surface area (Å²) in [4.78, 5) is 18.0. The Hall–Kier alpha value is -3.19. The highest BCUT2D eigenvalue weighted by Gasteiger charge is 2.22. The molecular weight excluding hydrogens is 412 g/mol. The molecule has 0 spiro atoms. The van der Waals surface area contributed by atoms with E-state index >= 15 is 0 Å². The number of carbonyl (C=O) groups is 1. The van der Waals surface area contributed by atoms with Gasteiger partial charge in [-0.15, -0.1) is 0 Å². The fourth-order valence-corrected chi connectivity index (χ4v) is 3.93. The first-order valence-electron chi connectivity index (χ1n) is 10.2. The largest absolute Gasteiger partial charge is 0.379 e. The van der Waals surface area contributed by atoms with E-state index in [1.54, 1.807) is 6.07 Å². The van der Waals surface area contributed by atoms with Gasteiger partial charge in [-0.2, -0.15) is 0 Å². The lowest BCUT2D eigenvalue weighted by atomic mass is 10.1. The van der Waals surface area contributed by atoms with E-state index in [0.717, 1.165) is 22.5 Å². The first-order chi connectivity index (χ1) is 15.2. The molecule has 156 valence electrons. The predicted molar refractivity (Wildman–Crippen MR) is 121 cm³/mol. The van der Waals surface area contributed by atoms with Crippen LogP contribution in [0.4, 0.5) is 0 Å². The number of halogens is 1. The number of amides is 1. The number of nitrogens with zero attached hydrogens (tertiary/aromatic N) is 3. The average molecular weight is 433 g/mol. The summed E-state index contributed by atoms with van der Waals surface area (Å²) in [5.41, 5.74) is 7.80. The molecule has 0 unspecified atom stereocenters. The number of hydrazine groups is 1. The van der Waals surface area contributed by atoms with Crippen LogP contribution >= 0.6 is 11.6 Å². The first kappa shape index (κ1) is 19.8. The van der Waals surface area contributed by atoms with Gasteiger partial charge >= 0.3 is 0 Å². The fourth-order valence-electron chi connectivity index (χ4n) is 3.80. The van der Waals surface area contributed by atoms with Gasteiger partial charge in [-0.05, 0) is 24.3 Å². The molecule has 0 radical (unpaired) electrons. The number of fused-ring (bicyclic) bond motifs is 1. The van der Waals surface area contributed by atoms with Gasteiger partial charge in [0.05, 0.1) is 30.2 Å². The third-order valence-corrected chi connectivity index (χ3v) is 5.58. The molecule has 1 amide bonds. The Labute approximate surface area is 185 Å². The van der Waals surface area contributed by atoms with Crippen LogP contribution in [0.1, 0.15) is 10.4 Å². The van der Waals surface area contributed by atoms with E-state index in [4.69, 9.17) is 21.3 Å². The van der Waals surface area contributed by atoms with Gasteiger partial charge in [0.1, 0.15) is 0 Å². The Morgan fingerprint density at radius 2 is 1.68 bits per heavy atom. The minimum absolute atomic E-state index is 0.181. The molecule has 4 aromatic rings. The second-order valence-corrected chi connectivity index (χ2v) is 7.77. The van der Waals surface area contributed by atoms with Gasteiger partial charge in [0.2, 0.25) is 0 Å². The van der Waals surface area contributed by atoms with Gasteiger partial charge in [0.25, 0.3) is 5.91 Å². The third-order valence-electron chi connectivity index (χ3n) is 5.33. The van der Waals surface area contributed by atoms with Crippen molar-refractivity contribution < 1.29 is 9.53 Å². The van der Waals surface area contributed by atoms with Crippen molar-refractivity contribution in [3.8, 4) is 22.5 Å². The number of hydrogen-bond donors (Lipinski definition) is 1. The highest BCUT2D eigenvalue weighted by Crippen LogP contribution is 2.34. The van der Waals surface area contributed by atoms with Crippen molar-refractivity contribution in [2.24, 2.45) is 0 Å². The number of nitrogens with one attached hydrogen (secondary N) is 1. The molecule has 1 saturated heterocycles. The normalized spacial score (nSPS) is 14.6. The van der Waals surface area contributed by atoms with E-state index in [9.17, 15) is 4.79 Å². The zero-order valence-corrected chi connectivity index (χ0v) is 17.5. The third kappa shape index (κ3) is 3.93. The van der Waals surface area contributed by atoms with Crippen LogP contribution < -0.4 is 5.43 Å². The maximum absolute atomic E-state index is 13.1. The number of aromatic nitrogens is 2. The SMILES string of the molecule is O=C(NN1CCOCC1)c1cccn2c(-c3ccccc3)c(-c3ccc(Cl)cc3)nc12. The molecule has 0 aliphatic carbocycles. The van der Waals surface area contributed by atoms with E-state index in [2.05, 4.69) is 5.43 Å². The number of imidazole rings is 1. The van der Waals surface area contributed by atoms with Gasteiger partial charge in [-0.1, -0.05) is 54.1 Å². The predicted octanol–water partition coefficient (Wildman–Crippen LogP) is 4.30. The monoisotopic (exact) mass is 432 g/mol. The number of rotatable bonds is 4. The Balaban J connectivity index is 1.64. The topological polar surface area (TPSA) is 58.9 Å². The standard InChI is InChI=1S/C24H21ClN4O2/c25-19-10-8-17(9-11-19)21-22(18-5-2-1-3-6-18)29-12-4-7-20(23(29)26-21)24(30)27-28-13-15-31-16-14-28/h1-12H,13-16H2,(H,27,30). The second-order valence-electron chi connectivity index (χ2n) is 7.34. The minimum atomic E-state index is -0.181. The Morgan fingerprint density at radius 1 is 0.935 bits per heavy atom. The summed E-state index contributed by atoms with van der Waals surface area (Å²) in [6.45, 7) is 2.53. The molecule has 31 heavy (non-hydrogen) atoms. The lowest BCUT2D eigenvalue weighted by molar-refractivity contribution is 0.0126. The number of hydrogen-bond acceptors (Lipinski definition) is 4. The van der Waals surface area contributed by atoms with Crippen molar-refractivity contribution >= 4 is 23.2 Å². The highest BCUT2D eigenvalue weighted by molar-refractivity contribution is 6.30. The summed E-state index contributed by atoms with van der Waals surface area (Å²) in [6.07, 6.45) is 1.94. The molecule has 2 aromatic heterocycles. The highest BCUT2D eigenvalue weighted by atomic mass is 35.5. The molecule has 0 saturated carbocycles. The molecule has 1 fully saturated rings. The molecule has 5 rings (SSSR count). The van der Waals surface area contributed by atoms with E-state index in [0.29, 0.717) is 42.5 Å². The van der Waals surface area contributed by atoms with Crippen molar-refractivity contribution in [3.05, 3.63) is 83.5 Å². The lowest BCUT2D eigenvalue weighted by Crippen LogP contribution is -2.48. The van der Waals surface area contributed by atoms with Gasteiger partial charge in [-0.3, -0.25) is 14.6 Å². The van der Waals surface area contributed by atoms with Gasteiger partial charge < -0.3 is 4.74 Å². The molecule has 7 heteroatoms. The van der Waals surface area contributed by atoms with Crippen LogP contribution in [0.2, 0.25) is 5.02 Å². The molecule has 1 N–H and O–H groups in total. The number of carbonyl (C=O) groups excluding carboxylic acids is 1. The van der Waals surface area contributed by atoms with Gasteiger partial charge in [0, 0.05) is 35.4 Å². The fraction of sp³-hybridized carbons (Fsp3) is 0.167. The van der Waals surface area contributed by atoms with Crippen LogP contribution in [0, 0.1) is 0 Å². The maximum Gasteiger partial charge on any atom is 0.269 e.